The highest BCUT2D eigenvalue weighted by molar-refractivity contribution is 5.91. The number of benzene rings is 1. The van der Waals surface area contributed by atoms with E-state index in [2.05, 4.69) is 10.6 Å². The number of rotatable bonds is 5. The fraction of sp³-hybridized carbons (Fsp3) is 0.385. The van der Waals surface area contributed by atoms with Gasteiger partial charge in [0.05, 0.1) is 7.05 Å². The molecule has 0 aliphatic carbocycles. The van der Waals surface area contributed by atoms with Crippen LogP contribution in [-0.2, 0) is 9.59 Å². The molecule has 1 aromatic rings. The summed E-state index contributed by atoms with van der Waals surface area (Å²) in [5, 5.41) is 5.13. The van der Waals surface area contributed by atoms with Gasteiger partial charge in [0.1, 0.15) is 5.82 Å². The van der Waals surface area contributed by atoms with Crippen molar-refractivity contribution in [2.45, 2.75) is 13.0 Å². The van der Waals surface area contributed by atoms with Crippen LogP contribution in [0.4, 0.5) is 10.1 Å². The average molecular weight is 268 g/mol. The van der Waals surface area contributed by atoms with Gasteiger partial charge in [0.15, 0.2) is 12.6 Å². The third-order valence-electron chi connectivity index (χ3n) is 2.93. The fourth-order valence-corrected chi connectivity index (χ4v) is 1.62. The van der Waals surface area contributed by atoms with Gasteiger partial charge < -0.3 is 15.5 Å². The molecule has 1 unspecified atom stereocenters. The van der Waals surface area contributed by atoms with Crippen LogP contribution in [0.5, 0.6) is 0 Å². The summed E-state index contributed by atoms with van der Waals surface area (Å²) in [5.41, 5.74) is 0.408. The van der Waals surface area contributed by atoms with E-state index in [1.165, 1.54) is 18.2 Å². The Morgan fingerprint density at radius 2 is 2.11 bits per heavy atom. The molecule has 0 heterocycles. The van der Waals surface area contributed by atoms with Crippen LogP contribution in [0.1, 0.15) is 6.92 Å². The Balaban J connectivity index is 2.53. The summed E-state index contributed by atoms with van der Waals surface area (Å²) in [5.74, 6) is -0.799. The number of halogens is 1. The molecule has 0 aliphatic heterocycles. The lowest BCUT2D eigenvalue weighted by Gasteiger charge is -2.19. The average Bonchev–Trinajstić information content (AvgIpc) is 2.36. The maximum atomic E-state index is 13.0. The Hall–Kier alpha value is -1.95. The first-order chi connectivity index (χ1) is 8.93. The molecule has 104 valence electrons. The van der Waals surface area contributed by atoms with Gasteiger partial charge in [0.25, 0.3) is 11.8 Å². The molecule has 0 fully saturated rings. The lowest BCUT2D eigenvalue weighted by atomic mass is 10.2. The highest BCUT2D eigenvalue weighted by atomic mass is 19.1. The number of hydrogen-bond donors (Lipinski definition) is 3. The second-order valence-electron chi connectivity index (χ2n) is 4.42. The number of carbonyl (C=O) groups excluding carboxylic acids is 2. The molecular formula is C13H19FN3O2+. The summed E-state index contributed by atoms with van der Waals surface area (Å²) >= 11 is 0. The van der Waals surface area contributed by atoms with E-state index in [9.17, 15) is 14.0 Å². The molecule has 6 heteroatoms. The summed E-state index contributed by atoms with van der Waals surface area (Å²) < 4.78 is 13.0. The van der Waals surface area contributed by atoms with Crippen molar-refractivity contribution in [3.63, 3.8) is 0 Å². The van der Waals surface area contributed by atoms with E-state index < -0.39 is 5.82 Å². The third kappa shape index (κ3) is 4.67. The van der Waals surface area contributed by atoms with Crippen molar-refractivity contribution in [1.82, 2.24) is 5.32 Å². The van der Waals surface area contributed by atoms with Crippen LogP contribution in [0.25, 0.3) is 0 Å². The molecule has 2 amide bonds. The van der Waals surface area contributed by atoms with Gasteiger partial charge in [-0.1, -0.05) is 6.07 Å². The zero-order valence-corrected chi connectivity index (χ0v) is 11.3. The molecule has 0 bridgehead atoms. The van der Waals surface area contributed by atoms with Crippen LogP contribution in [0.3, 0.4) is 0 Å². The van der Waals surface area contributed by atoms with Gasteiger partial charge in [0, 0.05) is 12.7 Å². The largest absolute Gasteiger partial charge is 0.354 e. The predicted molar refractivity (Wildman–Crippen MR) is 70.3 cm³/mol. The van der Waals surface area contributed by atoms with Crippen LogP contribution in [-0.4, -0.2) is 38.5 Å². The quantitative estimate of drug-likeness (QED) is 0.668. The number of amides is 2. The third-order valence-corrected chi connectivity index (χ3v) is 2.93. The van der Waals surface area contributed by atoms with Gasteiger partial charge in [-0.15, -0.1) is 0 Å². The van der Waals surface area contributed by atoms with Crippen molar-refractivity contribution < 1.29 is 18.9 Å². The van der Waals surface area contributed by atoms with Crippen molar-refractivity contribution in [2.75, 3.05) is 26.0 Å². The number of quaternary nitrogens is 1. The second-order valence-corrected chi connectivity index (χ2v) is 4.42. The number of nitrogens with one attached hydrogen (secondary N) is 3. The van der Waals surface area contributed by atoms with Crippen LogP contribution in [0, 0.1) is 5.82 Å². The van der Waals surface area contributed by atoms with E-state index in [-0.39, 0.29) is 24.4 Å². The molecule has 0 aromatic heterocycles. The molecule has 1 aromatic carbocycles. The van der Waals surface area contributed by atoms with Crippen LogP contribution < -0.4 is 15.5 Å². The predicted octanol–water partition coefficient (Wildman–Crippen LogP) is -0.587. The summed E-state index contributed by atoms with van der Waals surface area (Å²) in [7, 11) is 3.31. The molecule has 0 spiro atoms. The standard InChI is InChI=1S/C13H18FN3O2/c1-9(13(19)15-2)17(3)8-12(18)16-11-6-4-5-10(14)7-11/h4-7,9H,8H2,1-3H3,(H,15,19)(H,16,18)/p+1/t9-/m0/s1. The maximum absolute atomic E-state index is 13.0. The second kappa shape index (κ2) is 6.84. The Bertz CT molecular complexity index is 465. The molecule has 3 N–H and O–H groups in total. The van der Waals surface area contributed by atoms with E-state index in [1.54, 1.807) is 27.1 Å². The Morgan fingerprint density at radius 1 is 1.42 bits per heavy atom. The molecule has 0 aliphatic rings. The van der Waals surface area contributed by atoms with Gasteiger partial charge in [-0.25, -0.2) is 4.39 Å². The molecule has 0 saturated heterocycles. The topological polar surface area (TPSA) is 62.6 Å². The van der Waals surface area contributed by atoms with Gasteiger partial charge in [-0.3, -0.25) is 9.59 Å². The van der Waals surface area contributed by atoms with Gasteiger partial charge in [0.2, 0.25) is 0 Å². The molecule has 19 heavy (non-hydrogen) atoms. The minimum Gasteiger partial charge on any atom is -0.354 e. The van der Waals surface area contributed by atoms with E-state index in [4.69, 9.17) is 0 Å². The normalized spacial score (nSPS) is 13.5. The van der Waals surface area contributed by atoms with E-state index >= 15 is 0 Å². The van der Waals surface area contributed by atoms with Crippen molar-refractivity contribution in [2.24, 2.45) is 0 Å². The number of carbonyl (C=O) groups is 2. The first-order valence-electron chi connectivity index (χ1n) is 6.03. The van der Waals surface area contributed by atoms with Crippen LogP contribution in [0.15, 0.2) is 24.3 Å². The van der Waals surface area contributed by atoms with Gasteiger partial charge in [-0.05, 0) is 25.1 Å². The van der Waals surface area contributed by atoms with Gasteiger partial charge >= 0.3 is 0 Å². The van der Waals surface area contributed by atoms with Gasteiger partial charge in [-0.2, -0.15) is 0 Å². The van der Waals surface area contributed by atoms with Crippen molar-refractivity contribution in [3.05, 3.63) is 30.1 Å². The zero-order valence-electron chi connectivity index (χ0n) is 11.3. The maximum Gasteiger partial charge on any atom is 0.279 e. The smallest absolute Gasteiger partial charge is 0.279 e. The molecule has 1 rings (SSSR count). The molecule has 5 nitrogen and oxygen atoms in total. The number of likely N-dealkylation sites (N-methyl/N-ethyl adjacent to an activating group) is 2. The first kappa shape index (κ1) is 15.1. The summed E-state index contributed by atoms with van der Waals surface area (Å²) in [6.07, 6.45) is 0. The fourth-order valence-electron chi connectivity index (χ4n) is 1.62. The number of anilines is 1. The van der Waals surface area contributed by atoms with Crippen LogP contribution in [0.2, 0.25) is 0 Å². The van der Waals surface area contributed by atoms with Crippen molar-refractivity contribution in [1.29, 1.82) is 0 Å². The lowest BCUT2D eigenvalue weighted by Crippen LogP contribution is -3.15. The molecule has 0 radical (unpaired) electrons. The molecule has 0 saturated carbocycles. The summed E-state index contributed by atoms with van der Waals surface area (Å²) in [6.45, 7) is 1.87. The van der Waals surface area contributed by atoms with E-state index in [1.807, 2.05) is 0 Å². The highest BCUT2D eigenvalue weighted by Crippen LogP contribution is 2.08. The monoisotopic (exact) mass is 268 g/mol. The Kier molecular flexibility index (Phi) is 5.44. The van der Waals surface area contributed by atoms with Crippen molar-refractivity contribution >= 4 is 17.5 Å². The van der Waals surface area contributed by atoms with Crippen LogP contribution >= 0.6 is 0 Å². The summed E-state index contributed by atoms with van der Waals surface area (Å²) in [4.78, 5) is 23.9. The Morgan fingerprint density at radius 3 is 2.68 bits per heavy atom. The minimum absolute atomic E-state index is 0.129. The lowest BCUT2D eigenvalue weighted by molar-refractivity contribution is -0.885. The molecule has 2 atom stereocenters. The van der Waals surface area contributed by atoms with Crippen molar-refractivity contribution in [3.8, 4) is 0 Å². The minimum atomic E-state index is -0.405. The first-order valence-corrected chi connectivity index (χ1v) is 6.03. The van der Waals surface area contributed by atoms with E-state index in [0.717, 1.165) is 4.90 Å². The Labute approximate surface area is 111 Å². The highest BCUT2D eigenvalue weighted by Gasteiger charge is 2.22. The zero-order chi connectivity index (χ0) is 14.4. The SMILES string of the molecule is CNC(=O)[C@H](C)[NH+](C)CC(=O)Nc1cccc(F)c1. The van der Waals surface area contributed by atoms with E-state index in [0.29, 0.717) is 5.69 Å². The molecular weight excluding hydrogens is 249 g/mol. The number of hydrogen-bond acceptors (Lipinski definition) is 2. The summed E-state index contributed by atoms with van der Waals surface area (Å²) in [6, 6.07) is 5.35.